The average Bonchev–Trinajstić information content (AvgIpc) is 2.36. The number of aromatic nitrogens is 1. The van der Waals surface area contributed by atoms with Crippen LogP contribution in [0.2, 0.25) is 10.2 Å². The van der Waals surface area contributed by atoms with Gasteiger partial charge >= 0.3 is 11.9 Å². The molecule has 1 heterocycles. The van der Waals surface area contributed by atoms with Crippen molar-refractivity contribution in [1.29, 1.82) is 0 Å². The predicted molar refractivity (Wildman–Crippen MR) is 70.0 cm³/mol. The summed E-state index contributed by atoms with van der Waals surface area (Å²) in [5.41, 5.74) is -0.0340. The van der Waals surface area contributed by atoms with E-state index in [2.05, 4.69) is 10.3 Å². The maximum absolute atomic E-state index is 11.9. The Kier molecular flexibility index (Phi) is 5.72. The normalized spacial score (nSPS) is 11.7. The lowest BCUT2D eigenvalue weighted by Gasteiger charge is -2.14. The Morgan fingerprint density at radius 3 is 2.50 bits per heavy atom. The molecule has 20 heavy (non-hydrogen) atoms. The number of hydrogen-bond acceptors (Lipinski definition) is 4. The zero-order valence-electron chi connectivity index (χ0n) is 9.97. The van der Waals surface area contributed by atoms with Crippen LogP contribution in [0.4, 0.5) is 0 Å². The molecule has 1 rings (SSSR count). The number of carboxylic acids is 2. The van der Waals surface area contributed by atoms with Gasteiger partial charge in [-0.15, -0.1) is 0 Å². The molecule has 0 aliphatic heterocycles. The lowest BCUT2D eigenvalue weighted by Crippen LogP contribution is -2.41. The Labute approximate surface area is 123 Å². The molecular weight excluding hydrogens is 311 g/mol. The SMILES string of the molecule is O=C(O)CCC(NC(=O)c1cc(Cl)ncc1Cl)C(=O)O. The molecule has 0 fully saturated rings. The lowest BCUT2D eigenvalue weighted by atomic mass is 10.1. The molecule has 0 aliphatic carbocycles. The van der Waals surface area contributed by atoms with Gasteiger partial charge in [0.05, 0.1) is 10.6 Å². The summed E-state index contributed by atoms with van der Waals surface area (Å²) in [6.07, 6.45) is 0.529. The van der Waals surface area contributed by atoms with Crippen molar-refractivity contribution in [2.75, 3.05) is 0 Å². The fraction of sp³-hybridized carbons (Fsp3) is 0.273. The molecule has 1 unspecified atom stereocenters. The number of carbonyl (C=O) groups excluding carboxylic acids is 1. The van der Waals surface area contributed by atoms with Crippen LogP contribution in [0.15, 0.2) is 12.3 Å². The van der Waals surface area contributed by atoms with Crippen molar-refractivity contribution in [3.63, 3.8) is 0 Å². The number of carbonyl (C=O) groups is 3. The van der Waals surface area contributed by atoms with E-state index in [1.54, 1.807) is 0 Å². The Morgan fingerprint density at radius 2 is 1.95 bits per heavy atom. The molecule has 1 aromatic heterocycles. The Morgan fingerprint density at radius 1 is 1.30 bits per heavy atom. The van der Waals surface area contributed by atoms with Crippen LogP contribution < -0.4 is 5.32 Å². The third kappa shape index (κ3) is 4.67. The molecule has 0 saturated carbocycles. The highest BCUT2D eigenvalue weighted by molar-refractivity contribution is 6.35. The van der Waals surface area contributed by atoms with Gasteiger partial charge in [-0.1, -0.05) is 23.2 Å². The smallest absolute Gasteiger partial charge is 0.326 e. The van der Waals surface area contributed by atoms with Crippen LogP contribution in [0.5, 0.6) is 0 Å². The molecule has 0 radical (unpaired) electrons. The van der Waals surface area contributed by atoms with Crippen molar-refractivity contribution < 1.29 is 24.6 Å². The van der Waals surface area contributed by atoms with E-state index in [9.17, 15) is 14.4 Å². The number of rotatable bonds is 6. The molecule has 0 aliphatic rings. The van der Waals surface area contributed by atoms with E-state index in [1.807, 2.05) is 0 Å². The highest BCUT2D eigenvalue weighted by Gasteiger charge is 2.22. The van der Waals surface area contributed by atoms with Crippen LogP contribution in [0.3, 0.4) is 0 Å². The van der Waals surface area contributed by atoms with Crippen LogP contribution in [0, 0.1) is 0 Å². The van der Waals surface area contributed by atoms with Gasteiger partial charge in [0.25, 0.3) is 5.91 Å². The van der Waals surface area contributed by atoms with E-state index in [0.717, 1.165) is 6.20 Å². The van der Waals surface area contributed by atoms with Crippen LogP contribution in [-0.4, -0.2) is 39.1 Å². The number of amides is 1. The monoisotopic (exact) mass is 320 g/mol. The topological polar surface area (TPSA) is 117 Å². The fourth-order valence-corrected chi connectivity index (χ4v) is 1.70. The van der Waals surface area contributed by atoms with E-state index < -0.39 is 23.9 Å². The first-order valence-electron chi connectivity index (χ1n) is 5.37. The molecule has 7 nitrogen and oxygen atoms in total. The first-order chi connectivity index (χ1) is 9.31. The quantitative estimate of drug-likeness (QED) is 0.683. The van der Waals surface area contributed by atoms with E-state index in [0.29, 0.717) is 0 Å². The summed E-state index contributed by atoms with van der Waals surface area (Å²) >= 11 is 11.4. The van der Waals surface area contributed by atoms with Crippen LogP contribution in [0.25, 0.3) is 0 Å². The number of carboxylic acid groups (broad SMARTS) is 2. The Hall–Kier alpha value is -1.86. The van der Waals surface area contributed by atoms with Gasteiger partial charge in [-0.25, -0.2) is 9.78 Å². The lowest BCUT2D eigenvalue weighted by molar-refractivity contribution is -0.140. The molecule has 0 aromatic carbocycles. The van der Waals surface area contributed by atoms with E-state index in [4.69, 9.17) is 33.4 Å². The zero-order valence-corrected chi connectivity index (χ0v) is 11.5. The summed E-state index contributed by atoms with van der Waals surface area (Å²) in [6.45, 7) is 0. The highest BCUT2D eigenvalue weighted by Crippen LogP contribution is 2.18. The summed E-state index contributed by atoms with van der Waals surface area (Å²) in [7, 11) is 0. The molecule has 1 aromatic rings. The van der Waals surface area contributed by atoms with E-state index in [1.165, 1.54) is 6.07 Å². The van der Waals surface area contributed by atoms with Crippen molar-refractivity contribution in [3.8, 4) is 0 Å². The first-order valence-corrected chi connectivity index (χ1v) is 6.13. The summed E-state index contributed by atoms with van der Waals surface area (Å²) in [5.74, 6) is -3.26. The maximum Gasteiger partial charge on any atom is 0.326 e. The van der Waals surface area contributed by atoms with Crippen LogP contribution in [-0.2, 0) is 9.59 Å². The number of nitrogens with one attached hydrogen (secondary N) is 1. The Balaban J connectivity index is 2.82. The summed E-state index contributed by atoms with van der Waals surface area (Å²) in [5, 5.41) is 19.7. The zero-order chi connectivity index (χ0) is 15.3. The maximum atomic E-state index is 11.9. The van der Waals surface area contributed by atoms with Crippen molar-refractivity contribution >= 4 is 41.0 Å². The fourth-order valence-electron chi connectivity index (χ4n) is 1.35. The minimum Gasteiger partial charge on any atom is -0.481 e. The average molecular weight is 321 g/mol. The second-order valence-corrected chi connectivity index (χ2v) is 4.58. The second kappa shape index (κ2) is 7.06. The molecule has 0 spiro atoms. The molecule has 108 valence electrons. The van der Waals surface area contributed by atoms with Crippen LogP contribution in [0.1, 0.15) is 23.2 Å². The molecule has 1 amide bonds. The predicted octanol–water partition coefficient (Wildman–Crippen LogP) is 1.44. The van der Waals surface area contributed by atoms with Gasteiger partial charge in [0.15, 0.2) is 0 Å². The van der Waals surface area contributed by atoms with Crippen molar-refractivity contribution in [1.82, 2.24) is 10.3 Å². The summed E-state index contributed by atoms with van der Waals surface area (Å²) < 4.78 is 0. The molecule has 0 saturated heterocycles. The number of nitrogens with zero attached hydrogens (tertiary/aromatic N) is 1. The van der Waals surface area contributed by atoms with Gasteiger partial charge in [-0.2, -0.15) is 0 Å². The van der Waals surface area contributed by atoms with Gasteiger partial charge in [0.1, 0.15) is 11.2 Å². The minimum absolute atomic E-state index is 0.00859. The molecule has 0 bridgehead atoms. The largest absolute Gasteiger partial charge is 0.481 e. The minimum atomic E-state index is -1.34. The van der Waals surface area contributed by atoms with Gasteiger partial charge in [0, 0.05) is 12.6 Å². The molecular formula is C11H10Cl2N2O5. The summed E-state index contributed by atoms with van der Waals surface area (Å²) in [4.78, 5) is 36.9. The number of aliphatic carboxylic acids is 2. The van der Waals surface area contributed by atoms with E-state index >= 15 is 0 Å². The van der Waals surface area contributed by atoms with Crippen molar-refractivity contribution in [2.24, 2.45) is 0 Å². The van der Waals surface area contributed by atoms with Crippen molar-refractivity contribution in [3.05, 3.63) is 28.0 Å². The van der Waals surface area contributed by atoms with Gasteiger partial charge < -0.3 is 15.5 Å². The third-order valence-corrected chi connectivity index (χ3v) is 2.82. The number of pyridine rings is 1. The third-order valence-electron chi connectivity index (χ3n) is 2.32. The number of hydrogen-bond donors (Lipinski definition) is 3. The number of halogens is 2. The van der Waals surface area contributed by atoms with Crippen molar-refractivity contribution in [2.45, 2.75) is 18.9 Å². The van der Waals surface area contributed by atoms with Crippen LogP contribution >= 0.6 is 23.2 Å². The second-order valence-electron chi connectivity index (χ2n) is 3.78. The first kappa shape index (κ1) is 16.2. The van der Waals surface area contributed by atoms with Gasteiger partial charge in [0.2, 0.25) is 0 Å². The summed E-state index contributed by atoms with van der Waals surface area (Å²) in [6, 6.07) is -0.142. The highest BCUT2D eigenvalue weighted by atomic mass is 35.5. The molecule has 3 N–H and O–H groups in total. The van der Waals surface area contributed by atoms with Gasteiger partial charge in [-0.05, 0) is 12.5 Å². The standard InChI is InChI=1S/C11H10Cl2N2O5/c12-6-4-14-8(13)3-5(6)10(18)15-7(11(19)20)1-2-9(16)17/h3-4,7H,1-2H2,(H,15,18)(H,16,17)(H,19,20). The van der Waals surface area contributed by atoms with E-state index in [-0.39, 0.29) is 28.6 Å². The van der Waals surface area contributed by atoms with Gasteiger partial charge in [-0.3, -0.25) is 9.59 Å². The Bertz CT molecular complexity index is 550. The molecule has 1 atom stereocenters. The molecule has 9 heteroatoms.